The number of hydrogen-bond acceptors (Lipinski definition) is 3. The topological polar surface area (TPSA) is 77.8 Å². The number of rotatable bonds is 8. The molecule has 0 saturated heterocycles. The second kappa shape index (κ2) is 23.5. The predicted molar refractivity (Wildman–Crippen MR) is 131 cm³/mol. The molecule has 0 spiro atoms. The van der Waals surface area contributed by atoms with Crippen molar-refractivity contribution in [3.05, 3.63) is 47.8 Å². The molecule has 30 heavy (non-hydrogen) atoms. The SMILES string of the molecule is C=C(C)C1CCC(C)=CC1/C(=C/CC)CC.CCC(=O)O.CCCC/C=C/O.CO. The maximum absolute atomic E-state index is 9.37. The summed E-state index contributed by atoms with van der Waals surface area (Å²) in [7, 11) is 1.00. The van der Waals surface area contributed by atoms with Crippen LogP contribution in [0.1, 0.15) is 92.9 Å². The summed E-state index contributed by atoms with van der Waals surface area (Å²) in [5.41, 5.74) is 4.51. The van der Waals surface area contributed by atoms with Gasteiger partial charge >= 0.3 is 5.97 Å². The Morgan fingerprint density at radius 1 is 1.20 bits per heavy atom. The van der Waals surface area contributed by atoms with Gasteiger partial charge in [-0.25, -0.2) is 0 Å². The Bertz CT molecular complexity index is 515. The van der Waals surface area contributed by atoms with Gasteiger partial charge in [0, 0.05) is 19.4 Å². The Balaban J connectivity index is -0.000000432. The molecular formula is C26H48O4. The fraction of sp³-hybridized carbons (Fsp3) is 0.654. The Morgan fingerprint density at radius 3 is 2.13 bits per heavy atom. The van der Waals surface area contributed by atoms with Crippen molar-refractivity contribution < 1.29 is 20.1 Å². The van der Waals surface area contributed by atoms with Crippen LogP contribution >= 0.6 is 0 Å². The summed E-state index contributed by atoms with van der Waals surface area (Å²) in [6, 6.07) is 0. The standard InChI is InChI=1S/C16H26.C6H12O.C3H6O2.CH4O/c1-6-8-14(7-2)16-11-13(5)9-10-15(16)12(3)4;1-2-3-4-5-6-7;1-2-3(4)5;1-2/h8,11,15-16H,3,6-7,9-10H2,1-2,4-5H3;5-7H,2-4H2,1H3;2H2,1H3,(H,4,5);2H,1H3/b14-8+;6-5+;;. The molecule has 4 heteroatoms. The van der Waals surface area contributed by atoms with Gasteiger partial charge in [0.25, 0.3) is 0 Å². The van der Waals surface area contributed by atoms with Gasteiger partial charge in [-0.15, -0.1) is 0 Å². The molecule has 0 radical (unpaired) electrons. The highest BCUT2D eigenvalue weighted by atomic mass is 16.4. The molecule has 1 rings (SSSR count). The Labute approximate surface area is 186 Å². The molecule has 0 heterocycles. The molecule has 2 unspecified atom stereocenters. The molecule has 0 bridgehead atoms. The van der Waals surface area contributed by atoms with E-state index in [0.29, 0.717) is 11.8 Å². The van der Waals surface area contributed by atoms with E-state index in [9.17, 15) is 4.79 Å². The van der Waals surface area contributed by atoms with E-state index < -0.39 is 5.97 Å². The van der Waals surface area contributed by atoms with Crippen molar-refractivity contribution in [1.29, 1.82) is 0 Å². The highest BCUT2D eigenvalue weighted by Gasteiger charge is 2.25. The number of aliphatic carboxylic acids is 1. The van der Waals surface area contributed by atoms with Gasteiger partial charge in [-0.1, -0.05) is 75.6 Å². The van der Waals surface area contributed by atoms with Crippen LogP contribution < -0.4 is 0 Å². The zero-order chi connectivity index (χ0) is 23.9. The molecular weight excluding hydrogens is 376 g/mol. The van der Waals surface area contributed by atoms with Crippen molar-refractivity contribution in [2.75, 3.05) is 7.11 Å². The summed E-state index contributed by atoms with van der Waals surface area (Å²) in [4.78, 5) is 9.37. The lowest BCUT2D eigenvalue weighted by molar-refractivity contribution is -0.136. The lowest BCUT2D eigenvalue weighted by atomic mass is 9.73. The maximum Gasteiger partial charge on any atom is 0.303 e. The van der Waals surface area contributed by atoms with E-state index in [1.807, 2.05) is 0 Å². The van der Waals surface area contributed by atoms with Crippen LogP contribution in [0.15, 0.2) is 47.8 Å². The molecule has 0 aliphatic heterocycles. The summed E-state index contributed by atoms with van der Waals surface area (Å²) in [6.45, 7) is 16.9. The zero-order valence-electron chi connectivity index (χ0n) is 20.6. The lowest BCUT2D eigenvalue weighted by Crippen LogP contribution is -2.20. The van der Waals surface area contributed by atoms with E-state index in [4.69, 9.17) is 15.3 Å². The molecule has 1 aliphatic carbocycles. The van der Waals surface area contributed by atoms with E-state index in [2.05, 4.69) is 53.3 Å². The number of carboxylic acids is 1. The monoisotopic (exact) mass is 424 g/mol. The number of aliphatic hydroxyl groups excluding tert-OH is 2. The molecule has 0 saturated carbocycles. The van der Waals surface area contributed by atoms with Crippen LogP contribution in [-0.4, -0.2) is 28.4 Å². The van der Waals surface area contributed by atoms with Crippen molar-refractivity contribution in [1.82, 2.24) is 0 Å². The minimum atomic E-state index is -0.745. The van der Waals surface area contributed by atoms with E-state index in [1.54, 1.807) is 24.1 Å². The van der Waals surface area contributed by atoms with Crippen LogP contribution in [0.4, 0.5) is 0 Å². The minimum Gasteiger partial charge on any atom is -0.516 e. The largest absolute Gasteiger partial charge is 0.516 e. The van der Waals surface area contributed by atoms with Crippen LogP contribution in [-0.2, 0) is 4.79 Å². The number of allylic oxidation sites excluding steroid dienone is 6. The molecule has 176 valence electrons. The fourth-order valence-electron chi connectivity index (χ4n) is 3.16. The predicted octanol–water partition coefficient (Wildman–Crippen LogP) is 7.62. The highest BCUT2D eigenvalue weighted by molar-refractivity contribution is 5.66. The average molecular weight is 425 g/mol. The molecule has 0 fully saturated rings. The quantitative estimate of drug-likeness (QED) is 0.213. The summed E-state index contributed by atoms with van der Waals surface area (Å²) in [5.74, 6) is 0.544. The highest BCUT2D eigenvalue weighted by Crippen LogP contribution is 2.38. The Kier molecular flexibility index (Phi) is 25.7. The van der Waals surface area contributed by atoms with Crippen molar-refractivity contribution in [3.8, 4) is 0 Å². The number of hydrogen-bond donors (Lipinski definition) is 3. The number of aliphatic hydroxyl groups is 2. The smallest absolute Gasteiger partial charge is 0.303 e. The summed E-state index contributed by atoms with van der Waals surface area (Å²) in [6.07, 6.45) is 16.2. The lowest BCUT2D eigenvalue weighted by Gasteiger charge is -2.32. The van der Waals surface area contributed by atoms with Gasteiger partial charge in [0.05, 0.1) is 6.26 Å². The number of unbranched alkanes of at least 4 members (excludes halogenated alkanes) is 2. The van der Waals surface area contributed by atoms with Gasteiger partial charge in [-0.05, 0) is 58.3 Å². The first-order chi connectivity index (χ1) is 14.3. The molecule has 0 amide bonds. The molecule has 3 N–H and O–H groups in total. The van der Waals surface area contributed by atoms with Crippen molar-refractivity contribution in [3.63, 3.8) is 0 Å². The first-order valence-electron chi connectivity index (χ1n) is 11.3. The van der Waals surface area contributed by atoms with E-state index in [1.165, 1.54) is 37.7 Å². The van der Waals surface area contributed by atoms with Gasteiger partial charge in [-0.2, -0.15) is 0 Å². The van der Waals surface area contributed by atoms with Crippen LogP contribution in [0.3, 0.4) is 0 Å². The van der Waals surface area contributed by atoms with Crippen LogP contribution in [0.5, 0.6) is 0 Å². The molecule has 0 aromatic heterocycles. The summed E-state index contributed by atoms with van der Waals surface area (Å²) >= 11 is 0. The third-order valence-electron chi connectivity index (χ3n) is 4.82. The maximum atomic E-state index is 9.37. The number of carboxylic acid groups (broad SMARTS) is 1. The molecule has 0 aromatic carbocycles. The van der Waals surface area contributed by atoms with Crippen LogP contribution in [0, 0.1) is 11.8 Å². The molecule has 1 aliphatic rings. The molecule has 4 nitrogen and oxygen atoms in total. The fourth-order valence-corrected chi connectivity index (χ4v) is 3.16. The second-order valence-electron chi connectivity index (χ2n) is 7.35. The molecule has 0 aromatic rings. The van der Waals surface area contributed by atoms with E-state index in [0.717, 1.165) is 26.2 Å². The summed E-state index contributed by atoms with van der Waals surface area (Å²) < 4.78 is 0. The molecule has 2 atom stereocenters. The van der Waals surface area contributed by atoms with Crippen molar-refractivity contribution in [2.24, 2.45) is 11.8 Å². The normalized spacial score (nSPS) is 18.0. The van der Waals surface area contributed by atoms with Gasteiger partial charge in [0.15, 0.2) is 0 Å². The van der Waals surface area contributed by atoms with Gasteiger partial charge < -0.3 is 15.3 Å². The van der Waals surface area contributed by atoms with Crippen LogP contribution in [0.25, 0.3) is 0 Å². The van der Waals surface area contributed by atoms with Gasteiger partial charge in [0.1, 0.15) is 0 Å². The summed E-state index contributed by atoms with van der Waals surface area (Å²) in [5, 5.41) is 22.8. The zero-order valence-corrected chi connectivity index (χ0v) is 20.6. The van der Waals surface area contributed by atoms with E-state index in [-0.39, 0.29) is 6.42 Å². The number of carbonyl (C=O) groups is 1. The Hall–Kier alpha value is -1.81. The van der Waals surface area contributed by atoms with Gasteiger partial charge in [0.2, 0.25) is 0 Å². The minimum absolute atomic E-state index is 0.222. The van der Waals surface area contributed by atoms with Crippen LogP contribution in [0.2, 0.25) is 0 Å². The average Bonchev–Trinajstić information content (AvgIpc) is 2.74. The Morgan fingerprint density at radius 2 is 1.77 bits per heavy atom. The first kappa shape index (κ1) is 32.8. The van der Waals surface area contributed by atoms with Gasteiger partial charge in [-0.3, -0.25) is 4.79 Å². The second-order valence-corrected chi connectivity index (χ2v) is 7.35. The third kappa shape index (κ3) is 18.2. The third-order valence-corrected chi connectivity index (χ3v) is 4.82. The van der Waals surface area contributed by atoms with E-state index >= 15 is 0 Å². The van der Waals surface area contributed by atoms with Crippen molar-refractivity contribution in [2.45, 2.75) is 92.9 Å². The van der Waals surface area contributed by atoms with Crippen molar-refractivity contribution >= 4 is 5.97 Å². The first-order valence-corrected chi connectivity index (χ1v) is 11.3.